The molecular weight excluding hydrogens is 216 g/mol. The highest BCUT2D eigenvalue weighted by atomic mass is 32.1. The number of esters is 1. The molecule has 1 aromatic rings. The second-order valence-electron chi connectivity index (χ2n) is 3.07. The Bertz CT molecular complexity index is 374. The first-order chi connectivity index (χ1) is 7.02. The predicted molar refractivity (Wildman–Crippen MR) is 60.9 cm³/mol. The van der Waals surface area contributed by atoms with E-state index < -0.39 is 5.97 Å². The number of nitrogens with zero attached hydrogens (tertiary/aromatic N) is 1. The average molecular weight is 230 g/mol. The Morgan fingerprint density at radius 1 is 1.40 bits per heavy atom. The summed E-state index contributed by atoms with van der Waals surface area (Å²) in [6.45, 7) is 0. The molecular formula is C9H14N2O3S. The number of hydrogen-bond donors (Lipinski definition) is 1. The van der Waals surface area contributed by atoms with Crippen LogP contribution in [0.5, 0.6) is 5.75 Å². The second-order valence-corrected chi connectivity index (χ2v) is 4.07. The maximum atomic E-state index is 11.4. The number of anilines is 2. The fourth-order valence-corrected chi connectivity index (χ4v) is 2.18. The van der Waals surface area contributed by atoms with Gasteiger partial charge in [-0.05, 0) is 0 Å². The Morgan fingerprint density at radius 2 is 2.00 bits per heavy atom. The van der Waals surface area contributed by atoms with Crippen LogP contribution in [-0.4, -0.2) is 34.3 Å². The molecule has 15 heavy (non-hydrogen) atoms. The summed E-state index contributed by atoms with van der Waals surface area (Å²) in [5.74, 6) is 0.0781. The van der Waals surface area contributed by atoms with Crippen molar-refractivity contribution in [3.05, 3.63) is 4.88 Å². The fourth-order valence-electron chi connectivity index (χ4n) is 1.15. The van der Waals surface area contributed by atoms with E-state index in [9.17, 15) is 4.79 Å². The molecule has 6 heteroatoms. The molecule has 0 atom stereocenters. The van der Waals surface area contributed by atoms with Gasteiger partial charge in [-0.1, -0.05) is 0 Å². The lowest BCUT2D eigenvalue weighted by Gasteiger charge is -2.11. The second kappa shape index (κ2) is 4.39. The van der Waals surface area contributed by atoms with Crippen molar-refractivity contribution < 1.29 is 14.3 Å². The zero-order valence-corrected chi connectivity index (χ0v) is 9.97. The zero-order valence-electron chi connectivity index (χ0n) is 9.16. The number of thiophene rings is 1. The van der Waals surface area contributed by atoms with Crippen molar-refractivity contribution in [3.63, 3.8) is 0 Å². The number of carbonyl (C=O) groups is 1. The standard InChI is InChI=1S/C9H14N2O3S/c1-11(2)8-6(13-3)5(10)7(15-8)9(12)14-4/h10H2,1-4H3. The number of hydrogen-bond acceptors (Lipinski definition) is 6. The van der Waals surface area contributed by atoms with E-state index in [1.54, 1.807) is 0 Å². The van der Waals surface area contributed by atoms with Gasteiger partial charge in [-0.2, -0.15) is 0 Å². The number of nitrogens with two attached hydrogens (primary N) is 1. The lowest BCUT2D eigenvalue weighted by atomic mass is 10.3. The summed E-state index contributed by atoms with van der Waals surface area (Å²) >= 11 is 1.25. The van der Waals surface area contributed by atoms with Crippen molar-refractivity contribution in [2.75, 3.05) is 38.9 Å². The lowest BCUT2D eigenvalue weighted by Crippen LogP contribution is -2.07. The quantitative estimate of drug-likeness (QED) is 0.790. The van der Waals surface area contributed by atoms with Crippen LogP contribution in [0.1, 0.15) is 9.67 Å². The van der Waals surface area contributed by atoms with E-state index in [1.807, 2.05) is 19.0 Å². The van der Waals surface area contributed by atoms with Crippen LogP contribution in [-0.2, 0) is 4.74 Å². The molecule has 0 amide bonds. The molecule has 0 radical (unpaired) electrons. The van der Waals surface area contributed by atoms with Crippen molar-refractivity contribution in [1.82, 2.24) is 0 Å². The molecule has 1 heterocycles. The SMILES string of the molecule is COC(=O)c1sc(N(C)C)c(OC)c1N. The maximum absolute atomic E-state index is 11.4. The summed E-state index contributed by atoms with van der Waals surface area (Å²) in [6.07, 6.45) is 0. The molecule has 0 aliphatic carbocycles. The van der Waals surface area contributed by atoms with Gasteiger partial charge in [0, 0.05) is 14.1 Å². The molecule has 1 rings (SSSR count). The molecule has 84 valence electrons. The number of ether oxygens (including phenoxy) is 2. The van der Waals surface area contributed by atoms with Crippen LogP contribution in [0.25, 0.3) is 0 Å². The normalized spacial score (nSPS) is 9.87. The summed E-state index contributed by atoms with van der Waals surface area (Å²) in [6, 6.07) is 0. The summed E-state index contributed by atoms with van der Waals surface area (Å²) < 4.78 is 9.78. The molecule has 0 aliphatic heterocycles. The van der Waals surface area contributed by atoms with E-state index >= 15 is 0 Å². The van der Waals surface area contributed by atoms with Gasteiger partial charge in [-0.3, -0.25) is 0 Å². The number of nitrogen functional groups attached to an aromatic ring is 1. The van der Waals surface area contributed by atoms with E-state index in [0.717, 1.165) is 5.00 Å². The highest BCUT2D eigenvalue weighted by Crippen LogP contribution is 2.43. The number of methoxy groups -OCH3 is 2. The van der Waals surface area contributed by atoms with Gasteiger partial charge >= 0.3 is 5.97 Å². The molecule has 0 spiro atoms. The van der Waals surface area contributed by atoms with Crippen LogP contribution in [0.15, 0.2) is 0 Å². The van der Waals surface area contributed by atoms with Crippen molar-refractivity contribution in [2.24, 2.45) is 0 Å². The Labute approximate surface area is 92.4 Å². The highest BCUT2D eigenvalue weighted by molar-refractivity contribution is 7.19. The minimum atomic E-state index is -0.441. The smallest absolute Gasteiger partial charge is 0.350 e. The lowest BCUT2D eigenvalue weighted by molar-refractivity contribution is 0.0607. The molecule has 0 aromatic carbocycles. The van der Waals surface area contributed by atoms with Gasteiger partial charge in [0.05, 0.1) is 14.2 Å². The molecule has 1 aromatic heterocycles. The molecule has 0 fully saturated rings. The third-order valence-electron chi connectivity index (χ3n) is 1.86. The van der Waals surface area contributed by atoms with Gasteiger partial charge in [-0.25, -0.2) is 4.79 Å². The van der Waals surface area contributed by atoms with Gasteiger partial charge < -0.3 is 20.1 Å². The maximum Gasteiger partial charge on any atom is 0.350 e. The summed E-state index contributed by atoms with van der Waals surface area (Å²) in [4.78, 5) is 13.6. The Balaban J connectivity index is 3.27. The van der Waals surface area contributed by atoms with Gasteiger partial charge in [0.2, 0.25) is 0 Å². The van der Waals surface area contributed by atoms with Crippen molar-refractivity contribution in [1.29, 1.82) is 0 Å². The first-order valence-corrected chi connectivity index (χ1v) is 5.06. The first kappa shape index (κ1) is 11.6. The van der Waals surface area contributed by atoms with E-state index in [0.29, 0.717) is 16.3 Å². The molecule has 0 saturated carbocycles. The highest BCUT2D eigenvalue weighted by Gasteiger charge is 2.23. The van der Waals surface area contributed by atoms with Gasteiger partial charge in [-0.15, -0.1) is 11.3 Å². The zero-order chi connectivity index (χ0) is 11.6. The van der Waals surface area contributed by atoms with E-state index in [-0.39, 0.29) is 0 Å². The van der Waals surface area contributed by atoms with Crippen LogP contribution >= 0.6 is 11.3 Å². The molecule has 5 nitrogen and oxygen atoms in total. The Hall–Kier alpha value is -1.43. The predicted octanol–water partition coefficient (Wildman–Crippen LogP) is 1.19. The van der Waals surface area contributed by atoms with Crippen LogP contribution in [0.2, 0.25) is 0 Å². The molecule has 0 unspecified atom stereocenters. The minimum Gasteiger partial charge on any atom is -0.492 e. The minimum absolute atomic E-state index is 0.332. The van der Waals surface area contributed by atoms with E-state index in [4.69, 9.17) is 10.5 Å². The topological polar surface area (TPSA) is 64.8 Å². The van der Waals surface area contributed by atoms with Crippen molar-refractivity contribution in [2.45, 2.75) is 0 Å². The summed E-state index contributed by atoms with van der Waals surface area (Å²) in [5, 5.41) is 0.801. The largest absolute Gasteiger partial charge is 0.492 e. The van der Waals surface area contributed by atoms with Crippen LogP contribution in [0.4, 0.5) is 10.7 Å². The average Bonchev–Trinajstić information content (AvgIpc) is 2.54. The fraction of sp³-hybridized carbons (Fsp3) is 0.444. The molecule has 0 bridgehead atoms. The third kappa shape index (κ3) is 1.99. The van der Waals surface area contributed by atoms with Crippen LogP contribution in [0, 0.1) is 0 Å². The van der Waals surface area contributed by atoms with Crippen LogP contribution < -0.4 is 15.4 Å². The van der Waals surface area contributed by atoms with E-state index in [2.05, 4.69) is 4.74 Å². The number of carbonyl (C=O) groups excluding carboxylic acids is 1. The monoisotopic (exact) mass is 230 g/mol. The summed E-state index contributed by atoms with van der Waals surface area (Å²) in [7, 11) is 6.56. The van der Waals surface area contributed by atoms with Crippen molar-refractivity contribution >= 4 is 28.0 Å². The Morgan fingerprint density at radius 3 is 2.33 bits per heavy atom. The molecule has 0 aliphatic rings. The Kier molecular flexibility index (Phi) is 3.41. The molecule has 2 N–H and O–H groups in total. The van der Waals surface area contributed by atoms with Crippen molar-refractivity contribution in [3.8, 4) is 5.75 Å². The summed E-state index contributed by atoms with van der Waals surface area (Å²) in [5.41, 5.74) is 6.12. The van der Waals surface area contributed by atoms with Gasteiger partial charge in [0.15, 0.2) is 5.75 Å². The third-order valence-corrected chi connectivity index (χ3v) is 3.20. The first-order valence-electron chi connectivity index (χ1n) is 4.24. The number of rotatable bonds is 3. The molecule has 0 saturated heterocycles. The van der Waals surface area contributed by atoms with Crippen LogP contribution in [0.3, 0.4) is 0 Å². The van der Waals surface area contributed by atoms with Gasteiger partial charge in [0.25, 0.3) is 0 Å². The van der Waals surface area contributed by atoms with Gasteiger partial charge in [0.1, 0.15) is 15.6 Å². The van der Waals surface area contributed by atoms with E-state index in [1.165, 1.54) is 25.6 Å².